The molecule has 0 radical (unpaired) electrons. The van der Waals surface area contributed by atoms with Crippen molar-refractivity contribution in [1.82, 2.24) is 4.90 Å². The normalized spacial score (nSPS) is 22.6. The van der Waals surface area contributed by atoms with Crippen LogP contribution in [-0.4, -0.2) is 42.8 Å². The number of methoxy groups -OCH3 is 1. The molecule has 2 atom stereocenters. The van der Waals surface area contributed by atoms with E-state index in [2.05, 4.69) is 4.90 Å². The third-order valence-electron chi connectivity index (χ3n) is 3.24. The van der Waals surface area contributed by atoms with Gasteiger partial charge in [0.25, 0.3) is 0 Å². The summed E-state index contributed by atoms with van der Waals surface area (Å²) in [7, 11) is 1.64. The predicted octanol–water partition coefficient (Wildman–Crippen LogP) is 0.762. The fourth-order valence-corrected chi connectivity index (χ4v) is 2.20. The minimum absolute atomic E-state index is 0.262. The van der Waals surface area contributed by atoms with Crippen molar-refractivity contribution in [2.45, 2.75) is 18.6 Å². The van der Waals surface area contributed by atoms with E-state index in [1.54, 1.807) is 7.11 Å². The molecule has 4 heteroatoms. The maximum absolute atomic E-state index is 10.1. The van der Waals surface area contributed by atoms with Crippen molar-refractivity contribution in [3.63, 3.8) is 0 Å². The van der Waals surface area contributed by atoms with Gasteiger partial charge in [-0.3, -0.25) is 4.90 Å². The van der Waals surface area contributed by atoms with Crippen LogP contribution in [0.3, 0.4) is 0 Å². The molecule has 2 rings (SSSR count). The summed E-state index contributed by atoms with van der Waals surface area (Å²) < 4.78 is 5.09. The molecule has 0 saturated carbocycles. The molecule has 0 spiro atoms. The van der Waals surface area contributed by atoms with Gasteiger partial charge in [-0.1, -0.05) is 12.1 Å². The number of hydrogen-bond donors (Lipinski definition) is 2. The molecular formula is C13H20N2O2. The highest BCUT2D eigenvalue weighted by Gasteiger charge is 2.21. The van der Waals surface area contributed by atoms with E-state index in [1.807, 2.05) is 24.3 Å². The van der Waals surface area contributed by atoms with Crippen LogP contribution >= 0.6 is 0 Å². The van der Waals surface area contributed by atoms with Gasteiger partial charge in [0.15, 0.2) is 0 Å². The minimum Gasteiger partial charge on any atom is -0.497 e. The number of nitrogens with two attached hydrogens (primary N) is 1. The summed E-state index contributed by atoms with van der Waals surface area (Å²) in [5.41, 5.74) is 6.76. The van der Waals surface area contributed by atoms with Crippen molar-refractivity contribution in [2.24, 2.45) is 5.73 Å². The van der Waals surface area contributed by atoms with Gasteiger partial charge < -0.3 is 15.6 Å². The topological polar surface area (TPSA) is 58.7 Å². The monoisotopic (exact) mass is 236 g/mol. The van der Waals surface area contributed by atoms with Gasteiger partial charge in [0.05, 0.1) is 13.2 Å². The highest BCUT2D eigenvalue weighted by Crippen LogP contribution is 2.20. The van der Waals surface area contributed by atoms with Crippen LogP contribution in [0.25, 0.3) is 0 Å². The molecule has 0 aromatic heterocycles. The second kappa shape index (κ2) is 5.49. The highest BCUT2D eigenvalue weighted by atomic mass is 16.5. The number of aliphatic hydroxyl groups excluding tert-OH is 1. The van der Waals surface area contributed by atoms with E-state index in [4.69, 9.17) is 10.5 Å². The maximum Gasteiger partial charge on any atom is 0.118 e. The van der Waals surface area contributed by atoms with E-state index in [0.717, 1.165) is 30.8 Å². The first-order chi connectivity index (χ1) is 8.19. The molecule has 1 aliphatic heterocycles. The Bertz CT molecular complexity index is 353. The number of β-amino-alcohol motifs (C(OH)–C–C–N with tert-alkyl or cyclic N) is 1. The van der Waals surface area contributed by atoms with Crippen molar-refractivity contribution in [1.29, 1.82) is 0 Å². The van der Waals surface area contributed by atoms with Gasteiger partial charge in [-0.05, 0) is 30.7 Å². The van der Waals surface area contributed by atoms with Crippen molar-refractivity contribution in [3.8, 4) is 5.75 Å². The molecule has 1 saturated heterocycles. The van der Waals surface area contributed by atoms with Crippen LogP contribution < -0.4 is 10.5 Å². The van der Waals surface area contributed by atoms with E-state index in [-0.39, 0.29) is 6.04 Å². The quantitative estimate of drug-likeness (QED) is 0.810. The Labute approximate surface area is 102 Å². The molecule has 0 amide bonds. The Morgan fingerprint density at radius 2 is 2.18 bits per heavy atom. The lowest BCUT2D eigenvalue weighted by molar-refractivity contribution is 0.125. The summed E-state index contributed by atoms with van der Waals surface area (Å²) in [6.45, 7) is 2.52. The molecule has 1 aromatic rings. The molecule has 1 aromatic carbocycles. The Hall–Kier alpha value is -1.10. The van der Waals surface area contributed by atoms with E-state index in [0.29, 0.717) is 6.54 Å². The second-order valence-electron chi connectivity index (χ2n) is 4.60. The Balaban J connectivity index is 1.92. The molecule has 1 aliphatic rings. The average molecular weight is 236 g/mol. The summed E-state index contributed by atoms with van der Waals surface area (Å²) in [6.07, 6.45) is 0.571. The number of rotatable bonds is 4. The summed E-state index contributed by atoms with van der Waals surface area (Å²) in [5, 5.41) is 10.1. The van der Waals surface area contributed by atoms with E-state index in [9.17, 15) is 5.11 Å². The third-order valence-corrected chi connectivity index (χ3v) is 3.24. The summed E-state index contributed by atoms with van der Waals surface area (Å²) in [5.74, 6) is 0.809. The first kappa shape index (κ1) is 12.4. The third kappa shape index (κ3) is 3.19. The molecule has 1 heterocycles. The van der Waals surface area contributed by atoms with Gasteiger partial charge >= 0.3 is 0 Å². The van der Waals surface area contributed by atoms with Crippen LogP contribution in [0.2, 0.25) is 0 Å². The van der Waals surface area contributed by atoms with E-state index < -0.39 is 6.10 Å². The number of likely N-dealkylation sites (tertiary alicyclic amines) is 1. The van der Waals surface area contributed by atoms with Gasteiger partial charge in [0.2, 0.25) is 0 Å². The number of benzene rings is 1. The minimum atomic E-state index is -0.453. The maximum atomic E-state index is 10.1. The Morgan fingerprint density at radius 1 is 1.47 bits per heavy atom. The number of hydrogen-bond acceptors (Lipinski definition) is 4. The van der Waals surface area contributed by atoms with E-state index in [1.165, 1.54) is 0 Å². The molecule has 2 unspecified atom stereocenters. The first-order valence-corrected chi connectivity index (χ1v) is 5.99. The van der Waals surface area contributed by atoms with Crippen LogP contribution in [0.5, 0.6) is 5.75 Å². The predicted molar refractivity (Wildman–Crippen MR) is 67.0 cm³/mol. The van der Waals surface area contributed by atoms with Crippen LogP contribution in [0, 0.1) is 0 Å². The number of aliphatic hydroxyl groups is 1. The standard InChI is InChI=1S/C13H20N2O2/c1-17-12-4-2-10(3-5-12)13(16)9-15-7-6-11(14)8-15/h2-5,11,13,16H,6-9,14H2,1H3. The summed E-state index contributed by atoms with van der Waals surface area (Å²) >= 11 is 0. The smallest absolute Gasteiger partial charge is 0.118 e. The van der Waals surface area contributed by atoms with Gasteiger partial charge in [-0.25, -0.2) is 0 Å². The fourth-order valence-electron chi connectivity index (χ4n) is 2.20. The average Bonchev–Trinajstić information content (AvgIpc) is 2.75. The molecular weight excluding hydrogens is 216 g/mol. The summed E-state index contributed by atoms with van der Waals surface area (Å²) in [6, 6.07) is 7.81. The lowest BCUT2D eigenvalue weighted by Crippen LogP contribution is -2.30. The van der Waals surface area contributed by atoms with Crippen molar-refractivity contribution < 1.29 is 9.84 Å². The van der Waals surface area contributed by atoms with Gasteiger partial charge in [-0.15, -0.1) is 0 Å². The van der Waals surface area contributed by atoms with Crippen molar-refractivity contribution >= 4 is 0 Å². The highest BCUT2D eigenvalue weighted by molar-refractivity contribution is 5.28. The molecule has 0 bridgehead atoms. The van der Waals surface area contributed by atoms with Crippen LogP contribution in [0.1, 0.15) is 18.1 Å². The first-order valence-electron chi connectivity index (χ1n) is 5.99. The van der Waals surface area contributed by atoms with Crippen molar-refractivity contribution in [3.05, 3.63) is 29.8 Å². The van der Waals surface area contributed by atoms with Gasteiger partial charge in [0, 0.05) is 19.1 Å². The summed E-state index contributed by atoms with van der Waals surface area (Å²) in [4.78, 5) is 2.21. The zero-order valence-corrected chi connectivity index (χ0v) is 10.2. The van der Waals surface area contributed by atoms with E-state index >= 15 is 0 Å². The molecule has 17 heavy (non-hydrogen) atoms. The van der Waals surface area contributed by atoms with Crippen LogP contribution in [0.15, 0.2) is 24.3 Å². The van der Waals surface area contributed by atoms with Crippen molar-refractivity contribution in [2.75, 3.05) is 26.7 Å². The largest absolute Gasteiger partial charge is 0.497 e. The molecule has 1 fully saturated rings. The Morgan fingerprint density at radius 3 is 2.71 bits per heavy atom. The van der Waals surface area contributed by atoms with Gasteiger partial charge in [-0.2, -0.15) is 0 Å². The van der Waals surface area contributed by atoms with Gasteiger partial charge in [0.1, 0.15) is 5.75 Å². The lowest BCUT2D eigenvalue weighted by Gasteiger charge is -2.20. The number of nitrogens with zero attached hydrogens (tertiary/aromatic N) is 1. The molecule has 0 aliphatic carbocycles. The second-order valence-corrected chi connectivity index (χ2v) is 4.60. The van der Waals surface area contributed by atoms with Crippen LogP contribution in [0.4, 0.5) is 0 Å². The fraction of sp³-hybridized carbons (Fsp3) is 0.538. The van der Waals surface area contributed by atoms with Crippen LogP contribution in [-0.2, 0) is 0 Å². The Kier molecular flexibility index (Phi) is 3.99. The zero-order chi connectivity index (χ0) is 12.3. The lowest BCUT2D eigenvalue weighted by atomic mass is 10.1. The molecule has 4 nitrogen and oxygen atoms in total. The zero-order valence-electron chi connectivity index (χ0n) is 10.2. The number of ether oxygens (including phenoxy) is 1. The molecule has 94 valence electrons. The SMILES string of the molecule is COc1ccc(C(O)CN2CCC(N)C2)cc1. The molecule has 3 N–H and O–H groups in total.